The SMILES string of the molecule is COC1CC(C(C)C(=O)O)C12CCC2. The van der Waals surface area contributed by atoms with Gasteiger partial charge in [0.15, 0.2) is 0 Å². The third kappa shape index (κ3) is 1.11. The van der Waals surface area contributed by atoms with Gasteiger partial charge in [0, 0.05) is 12.5 Å². The summed E-state index contributed by atoms with van der Waals surface area (Å²) in [5.74, 6) is -0.517. The average molecular weight is 198 g/mol. The van der Waals surface area contributed by atoms with Crippen LogP contribution in [-0.2, 0) is 9.53 Å². The zero-order valence-electron chi connectivity index (χ0n) is 8.82. The van der Waals surface area contributed by atoms with E-state index in [1.807, 2.05) is 6.92 Å². The molecule has 0 bridgehead atoms. The van der Waals surface area contributed by atoms with Crippen molar-refractivity contribution in [1.29, 1.82) is 0 Å². The molecule has 80 valence electrons. The molecule has 0 saturated heterocycles. The predicted octanol–water partition coefficient (Wildman–Crippen LogP) is 1.91. The van der Waals surface area contributed by atoms with Gasteiger partial charge in [-0.05, 0) is 25.2 Å². The Morgan fingerprint density at radius 1 is 1.57 bits per heavy atom. The number of carboxylic acid groups (broad SMARTS) is 1. The van der Waals surface area contributed by atoms with Crippen LogP contribution in [0.4, 0.5) is 0 Å². The first kappa shape index (κ1) is 9.97. The van der Waals surface area contributed by atoms with Gasteiger partial charge in [-0.1, -0.05) is 13.3 Å². The Kier molecular flexibility index (Phi) is 2.30. The van der Waals surface area contributed by atoms with Crippen LogP contribution in [0, 0.1) is 17.3 Å². The minimum atomic E-state index is -0.657. The molecule has 1 N–H and O–H groups in total. The van der Waals surface area contributed by atoms with Crippen LogP contribution in [0.5, 0.6) is 0 Å². The first-order chi connectivity index (χ1) is 6.62. The Hall–Kier alpha value is -0.570. The molecule has 14 heavy (non-hydrogen) atoms. The highest BCUT2D eigenvalue weighted by atomic mass is 16.5. The van der Waals surface area contributed by atoms with Gasteiger partial charge in [0.05, 0.1) is 12.0 Å². The molecule has 0 radical (unpaired) electrons. The van der Waals surface area contributed by atoms with E-state index in [1.54, 1.807) is 7.11 Å². The summed E-state index contributed by atoms with van der Waals surface area (Å²) in [7, 11) is 1.74. The van der Waals surface area contributed by atoms with E-state index in [-0.39, 0.29) is 11.3 Å². The van der Waals surface area contributed by atoms with Crippen LogP contribution in [0.2, 0.25) is 0 Å². The molecule has 0 aromatic heterocycles. The van der Waals surface area contributed by atoms with Gasteiger partial charge in [0.25, 0.3) is 0 Å². The summed E-state index contributed by atoms with van der Waals surface area (Å²) in [5, 5.41) is 8.99. The first-order valence-corrected chi connectivity index (χ1v) is 5.37. The van der Waals surface area contributed by atoms with E-state index in [9.17, 15) is 4.79 Å². The minimum absolute atomic E-state index is 0.207. The van der Waals surface area contributed by atoms with Crippen LogP contribution in [0.3, 0.4) is 0 Å². The van der Waals surface area contributed by atoms with Gasteiger partial charge in [-0.15, -0.1) is 0 Å². The van der Waals surface area contributed by atoms with Gasteiger partial charge >= 0.3 is 5.97 Å². The predicted molar refractivity (Wildman–Crippen MR) is 52.0 cm³/mol. The number of ether oxygens (including phenoxy) is 1. The Morgan fingerprint density at radius 2 is 2.21 bits per heavy atom. The molecule has 2 aliphatic rings. The van der Waals surface area contributed by atoms with E-state index in [4.69, 9.17) is 9.84 Å². The van der Waals surface area contributed by atoms with Crippen LogP contribution < -0.4 is 0 Å². The van der Waals surface area contributed by atoms with Crippen molar-refractivity contribution in [3.8, 4) is 0 Å². The van der Waals surface area contributed by atoms with Crippen LogP contribution in [-0.4, -0.2) is 24.3 Å². The first-order valence-electron chi connectivity index (χ1n) is 5.37. The number of carboxylic acids is 1. The maximum atomic E-state index is 10.9. The van der Waals surface area contributed by atoms with Crippen LogP contribution in [0.25, 0.3) is 0 Å². The second kappa shape index (κ2) is 3.23. The van der Waals surface area contributed by atoms with Crippen molar-refractivity contribution in [2.45, 2.75) is 38.7 Å². The monoisotopic (exact) mass is 198 g/mol. The third-order valence-corrected chi connectivity index (χ3v) is 4.41. The molecule has 2 aliphatic carbocycles. The lowest BCUT2D eigenvalue weighted by Gasteiger charge is -2.62. The maximum absolute atomic E-state index is 10.9. The number of methoxy groups -OCH3 is 1. The molecule has 2 saturated carbocycles. The zero-order chi connectivity index (χ0) is 10.3. The van der Waals surface area contributed by atoms with E-state index in [2.05, 4.69) is 0 Å². The quantitative estimate of drug-likeness (QED) is 0.753. The van der Waals surface area contributed by atoms with Crippen molar-refractivity contribution in [3.05, 3.63) is 0 Å². The van der Waals surface area contributed by atoms with Gasteiger partial charge in [-0.3, -0.25) is 4.79 Å². The second-order valence-electron chi connectivity index (χ2n) is 4.78. The Morgan fingerprint density at radius 3 is 2.57 bits per heavy atom. The van der Waals surface area contributed by atoms with Gasteiger partial charge in [-0.25, -0.2) is 0 Å². The topological polar surface area (TPSA) is 46.5 Å². The van der Waals surface area contributed by atoms with Crippen molar-refractivity contribution < 1.29 is 14.6 Å². The molecule has 3 nitrogen and oxygen atoms in total. The number of hydrogen-bond acceptors (Lipinski definition) is 2. The highest BCUT2D eigenvalue weighted by Gasteiger charge is 2.60. The van der Waals surface area contributed by atoms with E-state index in [0.29, 0.717) is 12.0 Å². The molecule has 3 atom stereocenters. The lowest BCUT2D eigenvalue weighted by atomic mass is 9.45. The number of rotatable bonds is 3. The van der Waals surface area contributed by atoms with E-state index in [1.165, 1.54) is 6.42 Å². The Labute approximate surface area is 84.4 Å². The summed E-state index contributed by atoms with van der Waals surface area (Å²) in [6.07, 6.45) is 4.82. The molecular weight excluding hydrogens is 180 g/mol. The van der Waals surface area contributed by atoms with E-state index in [0.717, 1.165) is 19.3 Å². The summed E-state index contributed by atoms with van der Waals surface area (Å²) in [6, 6.07) is 0. The third-order valence-electron chi connectivity index (χ3n) is 4.41. The minimum Gasteiger partial charge on any atom is -0.481 e. The van der Waals surface area contributed by atoms with E-state index >= 15 is 0 Å². The van der Waals surface area contributed by atoms with Crippen molar-refractivity contribution in [2.24, 2.45) is 17.3 Å². The molecule has 0 aromatic carbocycles. The fourth-order valence-electron chi connectivity index (χ4n) is 3.26. The molecule has 0 aromatic rings. The molecule has 1 spiro atoms. The second-order valence-corrected chi connectivity index (χ2v) is 4.78. The number of aliphatic carboxylic acids is 1. The van der Waals surface area contributed by atoms with Crippen LogP contribution >= 0.6 is 0 Å². The average Bonchev–Trinajstić information content (AvgIpc) is 1.99. The summed E-state index contributed by atoms with van der Waals surface area (Å²) >= 11 is 0. The molecule has 3 heteroatoms. The smallest absolute Gasteiger partial charge is 0.306 e. The molecule has 0 heterocycles. The fourth-order valence-corrected chi connectivity index (χ4v) is 3.26. The lowest BCUT2D eigenvalue weighted by Crippen LogP contribution is -2.60. The lowest BCUT2D eigenvalue weighted by molar-refractivity contribution is -0.205. The Bertz CT molecular complexity index is 245. The van der Waals surface area contributed by atoms with Gasteiger partial charge in [0.2, 0.25) is 0 Å². The fraction of sp³-hybridized carbons (Fsp3) is 0.909. The van der Waals surface area contributed by atoms with Crippen LogP contribution in [0.15, 0.2) is 0 Å². The summed E-state index contributed by atoms with van der Waals surface area (Å²) in [4.78, 5) is 10.9. The molecule has 0 amide bonds. The number of carbonyl (C=O) groups is 1. The van der Waals surface area contributed by atoms with Gasteiger partial charge < -0.3 is 9.84 Å². The van der Waals surface area contributed by atoms with Crippen molar-refractivity contribution >= 4 is 5.97 Å². The zero-order valence-corrected chi connectivity index (χ0v) is 8.82. The van der Waals surface area contributed by atoms with Gasteiger partial charge in [-0.2, -0.15) is 0 Å². The maximum Gasteiger partial charge on any atom is 0.306 e. The molecular formula is C11H18O3. The largest absolute Gasteiger partial charge is 0.481 e. The summed E-state index contributed by atoms with van der Waals surface area (Å²) in [6.45, 7) is 1.83. The van der Waals surface area contributed by atoms with Gasteiger partial charge in [0.1, 0.15) is 0 Å². The highest BCUT2D eigenvalue weighted by molar-refractivity contribution is 5.70. The Balaban J connectivity index is 2.06. The molecule has 2 rings (SSSR count). The normalized spacial score (nSPS) is 35.9. The van der Waals surface area contributed by atoms with E-state index < -0.39 is 5.97 Å². The molecule has 3 unspecified atom stereocenters. The molecule has 2 fully saturated rings. The van der Waals surface area contributed by atoms with Crippen molar-refractivity contribution in [1.82, 2.24) is 0 Å². The summed E-state index contributed by atoms with van der Waals surface area (Å²) in [5.41, 5.74) is 0.229. The highest BCUT2D eigenvalue weighted by Crippen LogP contribution is 2.63. The molecule has 0 aliphatic heterocycles. The summed E-state index contributed by atoms with van der Waals surface area (Å²) < 4.78 is 5.41. The number of hydrogen-bond donors (Lipinski definition) is 1. The van der Waals surface area contributed by atoms with Crippen molar-refractivity contribution in [3.63, 3.8) is 0 Å². The standard InChI is InChI=1S/C11H18O3/c1-7(10(12)13)8-6-9(14-2)11(8)4-3-5-11/h7-9H,3-6H2,1-2H3,(H,12,13). The van der Waals surface area contributed by atoms with Crippen LogP contribution in [0.1, 0.15) is 32.6 Å². The van der Waals surface area contributed by atoms with Crippen molar-refractivity contribution in [2.75, 3.05) is 7.11 Å².